The number of morpholine rings is 1. The smallest absolute Gasteiger partial charge is 0.242 e. The van der Waals surface area contributed by atoms with Gasteiger partial charge in [0.05, 0.1) is 12.7 Å². The van der Waals surface area contributed by atoms with E-state index >= 15 is 0 Å². The summed E-state index contributed by atoms with van der Waals surface area (Å²) in [7, 11) is 0. The van der Waals surface area contributed by atoms with Crippen molar-refractivity contribution in [3.05, 3.63) is 0 Å². The van der Waals surface area contributed by atoms with Gasteiger partial charge in [0.15, 0.2) is 0 Å². The number of carbonyl (C=O) groups is 1. The predicted octanol–water partition coefficient (Wildman–Crippen LogP) is 0.749. The minimum absolute atomic E-state index is 0. The van der Waals surface area contributed by atoms with Crippen molar-refractivity contribution in [1.29, 1.82) is 0 Å². The molecule has 3 atom stereocenters. The second kappa shape index (κ2) is 6.83. The van der Waals surface area contributed by atoms with Crippen molar-refractivity contribution in [2.75, 3.05) is 32.0 Å². The highest BCUT2D eigenvalue weighted by Crippen LogP contribution is 2.19. The molecule has 0 aromatic carbocycles. The van der Waals surface area contributed by atoms with Crippen LogP contribution in [0.4, 0.5) is 0 Å². The number of hydrogen-bond donors (Lipinski definition) is 1. The molecule has 17 heavy (non-hydrogen) atoms. The van der Waals surface area contributed by atoms with E-state index in [1.165, 1.54) is 0 Å². The van der Waals surface area contributed by atoms with Crippen molar-refractivity contribution in [2.45, 2.75) is 31.2 Å². The zero-order valence-corrected chi connectivity index (χ0v) is 12.0. The summed E-state index contributed by atoms with van der Waals surface area (Å²) in [5, 5.41) is 3.81. The minimum atomic E-state index is -0.149. The number of nitrogens with one attached hydrogen (secondary N) is 1. The van der Waals surface area contributed by atoms with Gasteiger partial charge in [0.1, 0.15) is 6.04 Å². The Morgan fingerprint density at radius 3 is 2.88 bits per heavy atom. The zero-order chi connectivity index (χ0) is 11.5. The van der Waals surface area contributed by atoms with Crippen LogP contribution in [0.15, 0.2) is 0 Å². The second-order valence-corrected chi connectivity index (χ2v) is 6.02. The molecule has 2 rings (SSSR count). The summed E-state index contributed by atoms with van der Waals surface area (Å²) in [6.07, 6.45) is -0.00821. The maximum Gasteiger partial charge on any atom is 0.242 e. The Labute approximate surface area is 113 Å². The maximum atomic E-state index is 12.3. The first-order valence-electron chi connectivity index (χ1n) is 5.94. The van der Waals surface area contributed by atoms with Gasteiger partial charge in [0, 0.05) is 30.6 Å². The van der Waals surface area contributed by atoms with Gasteiger partial charge >= 0.3 is 0 Å². The molecule has 0 aromatic heterocycles. The molecule has 6 heteroatoms. The van der Waals surface area contributed by atoms with Crippen LogP contribution in [0.1, 0.15) is 13.8 Å². The first-order chi connectivity index (χ1) is 7.68. The Bertz CT molecular complexity index is 268. The van der Waals surface area contributed by atoms with Crippen LogP contribution in [0.5, 0.6) is 0 Å². The van der Waals surface area contributed by atoms with Crippen LogP contribution in [0.3, 0.4) is 0 Å². The number of amides is 1. The molecule has 2 aliphatic rings. The van der Waals surface area contributed by atoms with Crippen LogP contribution >= 0.6 is 24.2 Å². The van der Waals surface area contributed by atoms with E-state index in [-0.39, 0.29) is 30.5 Å². The van der Waals surface area contributed by atoms with Crippen molar-refractivity contribution >= 4 is 30.1 Å². The molecule has 2 heterocycles. The highest BCUT2D eigenvalue weighted by molar-refractivity contribution is 7.99. The van der Waals surface area contributed by atoms with Crippen molar-refractivity contribution < 1.29 is 9.53 Å². The topological polar surface area (TPSA) is 41.6 Å². The van der Waals surface area contributed by atoms with Crippen LogP contribution in [0, 0.1) is 0 Å². The van der Waals surface area contributed by atoms with E-state index in [1.54, 1.807) is 0 Å². The molecule has 0 saturated carbocycles. The monoisotopic (exact) mass is 280 g/mol. The SMILES string of the molecule is CC1CN(C(=O)[C@H]2NCCO[C@@H]2C)CCS1.Cl. The number of halogens is 1. The number of ether oxygens (including phenoxy) is 1. The first kappa shape index (κ1) is 15.1. The summed E-state index contributed by atoms with van der Waals surface area (Å²) >= 11 is 1.94. The van der Waals surface area contributed by atoms with Crippen LogP contribution in [-0.4, -0.2) is 60.2 Å². The summed E-state index contributed by atoms with van der Waals surface area (Å²) in [4.78, 5) is 14.3. The largest absolute Gasteiger partial charge is 0.375 e. The van der Waals surface area contributed by atoms with Crippen LogP contribution in [0.2, 0.25) is 0 Å². The molecule has 1 unspecified atom stereocenters. The van der Waals surface area contributed by atoms with Crippen LogP contribution < -0.4 is 5.32 Å². The van der Waals surface area contributed by atoms with E-state index in [1.807, 2.05) is 23.6 Å². The van der Waals surface area contributed by atoms with Gasteiger partial charge < -0.3 is 15.0 Å². The lowest BCUT2D eigenvalue weighted by molar-refractivity contribution is -0.139. The highest BCUT2D eigenvalue weighted by atomic mass is 35.5. The van der Waals surface area contributed by atoms with E-state index in [0.717, 1.165) is 25.4 Å². The Balaban J connectivity index is 0.00000144. The van der Waals surface area contributed by atoms with Crippen LogP contribution in [-0.2, 0) is 9.53 Å². The van der Waals surface area contributed by atoms with Gasteiger partial charge in [-0.05, 0) is 6.92 Å². The molecule has 2 fully saturated rings. The molecule has 0 spiro atoms. The third-order valence-corrected chi connectivity index (χ3v) is 4.27. The van der Waals surface area contributed by atoms with Gasteiger partial charge in [-0.3, -0.25) is 4.79 Å². The van der Waals surface area contributed by atoms with Gasteiger partial charge in [-0.15, -0.1) is 12.4 Å². The fourth-order valence-corrected chi connectivity index (χ4v) is 3.24. The Morgan fingerprint density at radius 2 is 2.24 bits per heavy atom. The van der Waals surface area contributed by atoms with E-state index in [0.29, 0.717) is 11.9 Å². The molecule has 2 aliphatic heterocycles. The number of nitrogens with zero attached hydrogens (tertiary/aromatic N) is 1. The number of thioether (sulfide) groups is 1. The molecule has 2 saturated heterocycles. The molecule has 0 bridgehead atoms. The van der Waals surface area contributed by atoms with Crippen molar-refractivity contribution in [3.63, 3.8) is 0 Å². The maximum absolute atomic E-state index is 12.3. The lowest BCUT2D eigenvalue weighted by Gasteiger charge is -2.37. The normalized spacial score (nSPS) is 34.0. The Hall–Kier alpha value is 0.0300. The summed E-state index contributed by atoms with van der Waals surface area (Å²) in [6.45, 7) is 7.37. The summed E-state index contributed by atoms with van der Waals surface area (Å²) in [6, 6.07) is -0.149. The molecule has 0 radical (unpaired) electrons. The van der Waals surface area contributed by atoms with Gasteiger partial charge in [-0.2, -0.15) is 11.8 Å². The van der Waals surface area contributed by atoms with E-state index in [9.17, 15) is 4.79 Å². The summed E-state index contributed by atoms with van der Waals surface area (Å²) < 4.78 is 5.51. The number of hydrogen-bond acceptors (Lipinski definition) is 4. The van der Waals surface area contributed by atoms with Gasteiger partial charge in [0.2, 0.25) is 5.91 Å². The summed E-state index contributed by atoms with van der Waals surface area (Å²) in [5.74, 6) is 1.26. The molecular weight excluding hydrogens is 260 g/mol. The average molecular weight is 281 g/mol. The number of carbonyl (C=O) groups excluding carboxylic acids is 1. The Morgan fingerprint density at radius 1 is 1.47 bits per heavy atom. The molecule has 1 N–H and O–H groups in total. The second-order valence-electron chi connectivity index (χ2n) is 4.47. The summed E-state index contributed by atoms with van der Waals surface area (Å²) in [5.41, 5.74) is 0. The van der Waals surface area contributed by atoms with Gasteiger partial charge in [-0.1, -0.05) is 6.92 Å². The standard InChI is InChI=1S/C11H20N2O2S.ClH/c1-8-7-13(4-6-16-8)11(14)10-9(2)15-5-3-12-10;/h8-10,12H,3-7H2,1-2H3;1H/t8?,9-,10+;/m1./s1. The predicted molar refractivity (Wildman–Crippen MR) is 73.0 cm³/mol. The Kier molecular flexibility index (Phi) is 6.06. The molecular formula is C11H21ClN2O2S. The number of rotatable bonds is 1. The minimum Gasteiger partial charge on any atom is -0.375 e. The van der Waals surface area contributed by atoms with E-state index in [2.05, 4.69) is 12.2 Å². The quantitative estimate of drug-likeness (QED) is 0.770. The van der Waals surface area contributed by atoms with Crippen molar-refractivity contribution in [2.24, 2.45) is 0 Å². The molecule has 0 aliphatic carbocycles. The fraction of sp³-hybridized carbons (Fsp3) is 0.909. The lowest BCUT2D eigenvalue weighted by Crippen LogP contribution is -2.58. The average Bonchev–Trinajstić information content (AvgIpc) is 2.29. The highest BCUT2D eigenvalue weighted by Gasteiger charge is 2.33. The zero-order valence-electron chi connectivity index (χ0n) is 10.3. The van der Waals surface area contributed by atoms with E-state index in [4.69, 9.17) is 4.74 Å². The third kappa shape index (κ3) is 3.74. The molecule has 1 amide bonds. The van der Waals surface area contributed by atoms with Crippen molar-refractivity contribution in [3.8, 4) is 0 Å². The molecule has 4 nitrogen and oxygen atoms in total. The van der Waals surface area contributed by atoms with Crippen molar-refractivity contribution in [1.82, 2.24) is 10.2 Å². The van der Waals surface area contributed by atoms with Gasteiger partial charge in [0.25, 0.3) is 0 Å². The lowest BCUT2D eigenvalue weighted by atomic mass is 10.1. The first-order valence-corrected chi connectivity index (χ1v) is 6.98. The third-order valence-electron chi connectivity index (χ3n) is 3.14. The molecule has 0 aromatic rings. The van der Waals surface area contributed by atoms with Gasteiger partial charge in [-0.25, -0.2) is 0 Å². The fourth-order valence-electron chi connectivity index (χ4n) is 2.22. The van der Waals surface area contributed by atoms with E-state index < -0.39 is 0 Å². The molecule has 100 valence electrons. The van der Waals surface area contributed by atoms with Crippen LogP contribution in [0.25, 0.3) is 0 Å².